The van der Waals surface area contributed by atoms with Crippen LogP contribution in [0.15, 0.2) is 70.7 Å². The van der Waals surface area contributed by atoms with E-state index in [2.05, 4.69) is 10.3 Å². The fraction of sp³-hybridized carbons (Fsp3) is 0.240. The lowest BCUT2D eigenvalue weighted by Crippen LogP contribution is -2.23. The summed E-state index contributed by atoms with van der Waals surface area (Å²) >= 11 is 1.28. The average molecular weight is 461 g/mol. The van der Waals surface area contributed by atoms with Gasteiger partial charge in [-0.1, -0.05) is 54.2 Å². The van der Waals surface area contributed by atoms with Crippen molar-refractivity contribution in [3.05, 3.63) is 71.1 Å². The largest absolute Gasteiger partial charge is 0.492 e. The number of carbonyl (C=O) groups is 1. The van der Waals surface area contributed by atoms with Crippen LogP contribution in [0.4, 0.5) is 5.69 Å². The van der Waals surface area contributed by atoms with Crippen LogP contribution in [0.2, 0.25) is 0 Å². The molecule has 2 aromatic carbocycles. The second-order valence-electron chi connectivity index (χ2n) is 7.86. The topological polar surface area (TPSA) is 89.0 Å². The van der Waals surface area contributed by atoms with Gasteiger partial charge in [0.15, 0.2) is 5.16 Å². The molecule has 168 valence electrons. The molecule has 0 saturated heterocycles. The standard InChI is InChI=1S/C25H24N4O3S/c1-2-32-20-11-7-6-10-19(20)27-21(30)15-33-25-28-22-18(16-8-4-3-5-9-16)14-26-23(22)24(31)29(25)17-12-13-17/h3-11,14,17,26H,2,12-13,15H2,1H3,(H,27,30). The molecule has 2 N–H and O–H groups in total. The molecule has 1 amide bonds. The van der Waals surface area contributed by atoms with Crippen LogP contribution in [0, 0.1) is 0 Å². The third-order valence-electron chi connectivity index (χ3n) is 5.49. The average Bonchev–Trinajstić information content (AvgIpc) is 3.57. The maximum atomic E-state index is 13.3. The highest BCUT2D eigenvalue weighted by Gasteiger charge is 2.29. The molecular weight excluding hydrogens is 436 g/mol. The van der Waals surface area contributed by atoms with Gasteiger partial charge in [-0.05, 0) is 37.5 Å². The van der Waals surface area contributed by atoms with E-state index in [9.17, 15) is 9.59 Å². The predicted molar refractivity (Wildman–Crippen MR) is 131 cm³/mol. The monoisotopic (exact) mass is 460 g/mol. The quantitative estimate of drug-likeness (QED) is 0.290. The Labute approximate surface area is 195 Å². The van der Waals surface area contributed by atoms with Gasteiger partial charge in [-0.3, -0.25) is 14.2 Å². The van der Waals surface area contributed by atoms with Gasteiger partial charge in [-0.2, -0.15) is 0 Å². The Kier molecular flexibility index (Phi) is 5.92. The molecule has 0 bridgehead atoms. The van der Waals surface area contributed by atoms with E-state index in [-0.39, 0.29) is 23.3 Å². The number of H-pyrrole nitrogens is 1. The number of fused-ring (bicyclic) bond motifs is 1. The summed E-state index contributed by atoms with van der Waals surface area (Å²) < 4.78 is 7.32. The molecule has 2 aromatic heterocycles. The van der Waals surface area contributed by atoms with Crippen LogP contribution in [0.5, 0.6) is 5.75 Å². The van der Waals surface area contributed by atoms with E-state index < -0.39 is 0 Å². The lowest BCUT2D eigenvalue weighted by atomic mass is 10.1. The summed E-state index contributed by atoms with van der Waals surface area (Å²) in [5.74, 6) is 0.588. The molecule has 0 spiro atoms. The highest BCUT2D eigenvalue weighted by atomic mass is 32.2. The first-order valence-corrected chi connectivity index (χ1v) is 12.0. The Morgan fingerprint density at radius 1 is 1.18 bits per heavy atom. The Hall–Kier alpha value is -3.52. The van der Waals surface area contributed by atoms with Crippen molar-refractivity contribution in [3.8, 4) is 16.9 Å². The molecule has 4 aromatic rings. The smallest absolute Gasteiger partial charge is 0.278 e. The van der Waals surface area contributed by atoms with Crippen molar-refractivity contribution < 1.29 is 9.53 Å². The van der Waals surface area contributed by atoms with Crippen molar-refractivity contribution >= 4 is 34.4 Å². The van der Waals surface area contributed by atoms with Gasteiger partial charge in [-0.15, -0.1) is 0 Å². The molecule has 1 saturated carbocycles. The number of aromatic amines is 1. The maximum absolute atomic E-state index is 13.3. The summed E-state index contributed by atoms with van der Waals surface area (Å²) in [6, 6.07) is 17.3. The number of nitrogens with one attached hydrogen (secondary N) is 2. The van der Waals surface area contributed by atoms with Crippen LogP contribution in [-0.2, 0) is 4.79 Å². The number of benzene rings is 2. The van der Waals surface area contributed by atoms with Crippen LogP contribution in [-0.4, -0.2) is 32.8 Å². The highest BCUT2D eigenvalue weighted by Crippen LogP contribution is 2.38. The summed E-state index contributed by atoms with van der Waals surface area (Å²) in [5, 5.41) is 3.48. The summed E-state index contributed by atoms with van der Waals surface area (Å²) in [7, 11) is 0. The van der Waals surface area contributed by atoms with E-state index in [1.807, 2.05) is 67.7 Å². The molecule has 7 nitrogen and oxygen atoms in total. The van der Waals surface area contributed by atoms with Crippen molar-refractivity contribution in [2.24, 2.45) is 0 Å². The zero-order valence-corrected chi connectivity index (χ0v) is 19.0. The van der Waals surface area contributed by atoms with Crippen molar-refractivity contribution in [2.45, 2.75) is 31.0 Å². The third-order valence-corrected chi connectivity index (χ3v) is 6.44. The van der Waals surface area contributed by atoms with Crippen LogP contribution >= 0.6 is 11.8 Å². The highest BCUT2D eigenvalue weighted by molar-refractivity contribution is 7.99. The Morgan fingerprint density at radius 2 is 1.94 bits per heavy atom. The minimum Gasteiger partial charge on any atom is -0.492 e. The molecule has 1 aliphatic carbocycles. The number of amides is 1. The number of hydrogen-bond acceptors (Lipinski definition) is 5. The number of carbonyl (C=O) groups excluding carboxylic acids is 1. The van der Waals surface area contributed by atoms with E-state index in [1.54, 1.807) is 4.57 Å². The fourth-order valence-corrected chi connectivity index (χ4v) is 4.67. The van der Waals surface area contributed by atoms with Gasteiger partial charge in [0.05, 0.1) is 18.0 Å². The second-order valence-corrected chi connectivity index (χ2v) is 8.80. The number of ether oxygens (including phenoxy) is 1. The minimum atomic E-state index is -0.179. The van der Waals surface area contributed by atoms with Gasteiger partial charge in [-0.25, -0.2) is 4.98 Å². The van der Waals surface area contributed by atoms with Crippen LogP contribution in [0.25, 0.3) is 22.2 Å². The molecule has 33 heavy (non-hydrogen) atoms. The van der Waals surface area contributed by atoms with E-state index >= 15 is 0 Å². The molecule has 0 aliphatic heterocycles. The van der Waals surface area contributed by atoms with E-state index in [0.717, 1.165) is 24.0 Å². The number of hydrogen-bond donors (Lipinski definition) is 2. The minimum absolute atomic E-state index is 0.0886. The van der Waals surface area contributed by atoms with Gasteiger partial charge in [0, 0.05) is 17.8 Å². The van der Waals surface area contributed by atoms with Crippen LogP contribution in [0.1, 0.15) is 25.8 Å². The number of thioether (sulfide) groups is 1. The van der Waals surface area contributed by atoms with E-state index in [1.165, 1.54) is 11.8 Å². The van der Waals surface area contributed by atoms with Gasteiger partial charge in [0.1, 0.15) is 16.8 Å². The molecule has 0 atom stereocenters. The molecule has 0 unspecified atom stereocenters. The zero-order valence-electron chi connectivity index (χ0n) is 18.2. The molecule has 1 fully saturated rings. The first kappa shape index (κ1) is 21.3. The summed E-state index contributed by atoms with van der Waals surface area (Å²) in [5.41, 5.74) is 3.54. The number of nitrogens with zero attached hydrogens (tertiary/aromatic N) is 2. The van der Waals surface area contributed by atoms with Crippen molar-refractivity contribution in [1.82, 2.24) is 14.5 Å². The van der Waals surface area contributed by atoms with Crippen molar-refractivity contribution in [3.63, 3.8) is 0 Å². The van der Waals surface area contributed by atoms with Gasteiger partial charge in [0.25, 0.3) is 5.56 Å². The lowest BCUT2D eigenvalue weighted by molar-refractivity contribution is -0.113. The molecule has 0 radical (unpaired) electrons. The fourth-order valence-electron chi connectivity index (χ4n) is 3.81. The summed E-state index contributed by atoms with van der Waals surface area (Å²) in [4.78, 5) is 34.0. The molecule has 2 heterocycles. The van der Waals surface area contributed by atoms with Gasteiger partial charge >= 0.3 is 0 Å². The Bertz CT molecular complexity index is 1360. The number of rotatable bonds is 8. The zero-order chi connectivity index (χ0) is 22.8. The summed E-state index contributed by atoms with van der Waals surface area (Å²) in [6.07, 6.45) is 3.72. The van der Waals surface area contributed by atoms with Gasteiger partial charge < -0.3 is 15.0 Å². The van der Waals surface area contributed by atoms with Crippen LogP contribution < -0.4 is 15.6 Å². The first-order valence-electron chi connectivity index (χ1n) is 11.0. The molecule has 8 heteroatoms. The lowest BCUT2D eigenvalue weighted by Gasteiger charge is -2.13. The number of anilines is 1. The molecule has 1 aliphatic rings. The maximum Gasteiger partial charge on any atom is 0.278 e. The van der Waals surface area contributed by atoms with E-state index in [0.29, 0.717) is 34.2 Å². The van der Waals surface area contributed by atoms with Crippen molar-refractivity contribution in [2.75, 3.05) is 17.7 Å². The Morgan fingerprint density at radius 3 is 2.70 bits per heavy atom. The second kappa shape index (κ2) is 9.15. The van der Waals surface area contributed by atoms with Crippen LogP contribution in [0.3, 0.4) is 0 Å². The SMILES string of the molecule is CCOc1ccccc1NC(=O)CSc1nc2c(-c3ccccc3)c[nH]c2c(=O)n1C1CC1. The van der Waals surface area contributed by atoms with Crippen molar-refractivity contribution in [1.29, 1.82) is 0 Å². The first-order chi connectivity index (χ1) is 16.2. The molecule has 5 rings (SSSR count). The molecular formula is C25H24N4O3S. The predicted octanol–water partition coefficient (Wildman–Crippen LogP) is 4.86. The number of aromatic nitrogens is 3. The van der Waals surface area contributed by atoms with Gasteiger partial charge in [0.2, 0.25) is 5.91 Å². The van der Waals surface area contributed by atoms with E-state index in [4.69, 9.17) is 9.72 Å². The third kappa shape index (κ3) is 4.39. The Balaban J connectivity index is 1.43. The summed E-state index contributed by atoms with van der Waals surface area (Å²) in [6.45, 7) is 2.41. The number of para-hydroxylation sites is 2. The normalized spacial score (nSPS) is 13.2.